The number of alkyl halides is 5. The maximum Gasteiger partial charge on any atom is 0.388 e. The van der Waals surface area contributed by atoms with Gasteiger partial charge in [-0.1, -0.05) is 0 Å². The number of ketones is 1. The number of aromatic nitrogens is 5. The molecule has 2 saturated carbocycles. The Morgan fingerprint density at radius 2 is 2.07 bits per heavy atom. The second-order valence-electron chi connectivity index (χ2n) is 10.6. The summed E-state index contributed by atoms with van der Waals surface area (Å²) in [5.74, 6) is -4.80. The van der Waals surface area contributed by atoms with E-state index in [0.29, 0.717) is 41.5 Å². The maximum atomic E-state index is 13.6. The summed E-state index contributed by atoms with van der Waals surface area (Å²) in [5, 5.41) is 17.6. The number of carbonyl (C=O) groups excluding carboxylic acids is 2. The molecule has 0 radical (unpaired) electrons. The van der Waals surface area contributed by atoms with E-state index in [2.05, 4.69) is 30.7 Å². The Kier molecular flexibility index (Phi) is 6.98. The molecule has 6 rings (SSSR count). The molecule has 4 atom stereocenters. The predicted molar refractivity (Wildman–Crippen MR) is 136 cm³/mol. The fourth-order valence-corrected chi connectivity index (χ4v) is 6.61. The standard InChI is InChI=1S/C25H26F5N7O3S/c1-36-19(7-20(35-36)40-23(27)28)33-24-34-32-10-37(24)12-2-3-17-14(4-12)21(22(39)31-9-11-8-25(11,29)30)18(41-17)6-16(38)13-5-15(13)26/h7,10-13,15,23H,2-6,8-9H2,1H3,(H,31,39)(H,33,34)/t11-,12-,13-,15-/m0/s1. The second kappa shape index (κ2) is 10.4. The van der Waals surface area contributed by atoms with Crippen LogP contribution in [-0.4, -0.2) is 61.5 Å². The van der Waals surface area contributed by atoms with E-state index in [9.17, 15) is 31.5 Å². The molecular weight excluding hydrogens is 573 g/mol. The molecule has 2 fully saturated rings. The van der Waals surface area contributed by atoms with E-state index in [4.69, 9.17) is 0 Å². The number of thiophene rings is 1. The van der Waals surface area contributed by atoms with Gasteiger partial charge >= 0.3 is 6.61 Å². The van der Waals surface area contributed by atoms with Crippen LogP contribution in [0.1, 0.15) is 51.0 Å². The molecule has 3 aromatic heterocycles. The van der Waals surface area contributed by atoms with E-state index in [-0.39, 0.29) is 43.5 Å². The van der Waals surface area contributed by atoms with E-state index >= 15 is 0 Å². The van der Waals surface area contributed by atoms with Gasteiger partial charge in [0, 0.05) is 54.2 Å². The molecule has 16 heteroatoms. The number of aryl methyl sites for hydroxylation is 2. The lowest BCUT2D eigenvalue weighted by atomic mass is 9.90. The van der Waals surface area contributed by atoms with Gasteiger partial charge in [0.1, 0.15) is 24.1 Å². The Balaban J connectivity index is 1.24. The molecule has 0 spiro atoms. The van der Waals surface area contributed by atoms with Gasteiger partial charge in [-0.3, -0.25) is 14.2 Å². The van der Waals surface area contributed by atoms with Gasteiger partial charge in [-0.05, 0) is 31.2 Å². The number of nitrogens with zero attached hydrogens (tertiary/aromatic N) is 5. The third-order valence-electron chi connectivity index (χ3n) is 7.73. The monoisotopic (exact) mass is 599 g/mol. The van der Waals surface area contributed by atoms with Gasteiger partial charge in [-0.2, -0.15) is 8.78 Å². The first-order valence-electron chi connectivity index (χ1n) is 13.1. The minimum absolute atomic E-state index is 0.0846. The molecule has 1 amide bonds. The van der Waals surface area contributed by atoms with Gasteiger partial charge in [0.05, 0.1) is 11.5 Å². The lowest BCUT2D eigenvalue weighted by Gasteiger charge is -2.25. The van der Waals surface area contributed by atoms with Gasteiger partial charge in [0.15, 0.2) is 0 Å². The van der Waals surface area contributed by atoms with E-state index in [0.717, 1.165) is 10.4 Å². The first-order chi connectivity index (χ1) is 19.5. The number of carbonyl (C=O) groups is 2. The number of fused-ring (bicyclic) bond motifs is 1. The van der Waals surface area contributed by atoms with Gasteiger partial charge < -0.3 is 15.4 Å². The molecule has 0 aliphatic heterocycles. The number of halogens is 5. The van der Waals surface area contributed by atoms with Crippen molar-refractivity contribution >= 4 is 34.8 Å². The number of rotatable bonds is 11. The van der Waals surface area contributed by atoms with E-state index in [1.54, 1.807) is 4.57 Å². The largest absolute Gasteiger partial charge is 0.415 e. The quantitative estimate of drug-likeness (QED) is 0.320. The highest BCUT2D eigenvalue weighted by Crippen LogP contribution is 2.48. The molecule has 41 heavy (non-hydrogen) atoms. The highest BCUT2D eigenvalue weighted by molar-refractivity contribution is 7.12. The summed E-state index contributed by atoms with van der Waals surface area (Å²) >= 11 is 1.34. The van der Waals surface area contributed by atoms with Crippen molar-refractivity contribution in [1.82, 2.24) is 29.9 Å². The number of amides is 1. The normalized spacial score (nSPS) is 24.2. The van der Waals surface area contributed by atoms with Crippen molar-refractivity contribution in [1.29, 1.82) is 0 Å². The van der Waals surface area contributed by atoms with Crippen LogP contribution in [0.5, 0.6) is 5.88 Å². The third-order valence-corrected chi connectivity index (χ3v) is 9.03. The van der Waals surface area contributed by atoms with Crippen molar-refractivity contribution in [3.05, 3.63) is 33.3 Å². The Bertz CT molecular complexity index is 1490. The zero-order valence-corrected chi connectivity index (χ0v) is 22.6. The van der Waals surface area contributed by atoms with Crippen LogP contribution in [0.15, 0.2) is 12.4 Å². The van der Waals surface area contributed by atoms with Crippen molar-refractivity contribution < 1.29 is 36.3 Å². The Hall–Kier alpha value is -3.56. The van der Waals surface area contributed by atoms with Crippen LogP contribution in [-0.2, 0) is 31.1 Å². The predicted octanol–water partition coefficient (Wildman–Crippen LogP) is 4.00. The number of hydrogen-bond acceptors (Lipinski definition) is 8. The summed E-state index contributed by atoms with van der Waals surface area (Å²) in [4.78, 5) is 27.4. The summed E-state index contributed by atoms with van der Waals surface area (Å²) in [6.07, 6.45) is 1.75. The summed E-state index contributed by atoms with van der Waals surface area (Å²) in [6, 6.07) is 1.07. The fourth-order valence-electron chi connectivity index (χ4n) is 5.25. The molecule has 220 valence electrons. The van der Waals surface area contributed by atoms with Crippen LogP contribution in [0.25, 0.3) is 0 Å². The van der Waals surface area contributed by atoms with Gasteiger partial charge in [-0.15, -0.1) is 26.6 Å². The third kappa shape index (κ3) is 5.65. The molecule has 0 unspecified atom stereocenters. The molecule has 0 bridgehead atoms. The summed E-state index contributed by atoms with van der Waals surface area (Å²) in [5.41, 5.74) is 1.01. The molecule has 3 heterocycles. The maximum absolute atomic E-state index is 13.6. The first-order valence-corrected chi connectivity index (χ1v) is 13.9. The summed E-state index contributed by atoms with van der Waals surface area (Å²) in [6.45, 7) is -3.21. The second-order valence-corrected chi connectivity index (χ2v) is 11.8. The average molecular weight is 600 g/mol. The van der Waals surface area contributed by atoms with Gasteiger partial charge in [-0.25, -0.2) is 17.9 Å². The van der Waals surface area contributed by atoms with Crippen molar-refractivity contribution in [3.63, 3.8) is 0 Å². The van der Waals surface area contributed by atoms with E-state index in [1.165, 1.54) is 35.5 Å². The van der Waals surface area contributed by atoms with Crippen molar-refractivity contribution in [2.75, 3.05) is 11.9 Å². The number of nitrogens with one attached hydrogen (secondary N) is 2. The Labute approximate surface area is 234 Å². The molecule has 3 aliphatic carbocycles. The minimum Gasteiger partial charge on any atom is -0.415 e. The average Bonchev–Trinajstić information content (AvgIpc) is 3.53. The smallest absolute Gasteiger partial charge is 0.388 e. The van der Waals surface area contributed by atoms with Crippen LogP contribution in [0.2, 0.25) is 0 Å². The Morgan fingerprint density at radius 1 is 1.32 bits per heavy atom. The summed E-state index contributed by atoms with van der Waals surface area (Å²) in [7, 11) is 1.54. The number of hydrogen-bond donors (Lipinski definition) is 2. The highest BCUT2D eigenvalue weighted by Gasteiger charge is 2.56. The zero-order valence-electron chi connectivity index (χ0n) is 21.8. The molecule has 3 aliphatic rings. The van der Waals surface area contributed by atoms with Crippen molar-refractivity contribution in [3.8, 4) is 5.88 Å². The Morgan fingerprint density at radius 3 is 2.76 bits per heavy atom. The van der Waals surface area contributed by atoms with Crippen LogP contribution in [0, 0.1) is 11.8 Å². The lowest BCUT2D eigenvalue weighted by Crippen LogP contribution is -2.29. The van der Waals surface area contributed by atoms with Crippen LogP contribution >= 0.6 is 11.3 Å². The highest BCUT2D eigenvalue weighted by atomic mass is 32.1. The number of anilines is 2. The number of ether oxygens (including phenoxy) is 1. The SMILES string of the molecule is Cn1nc(OC(F)F)cc1Nc1nncn1[C@H]1CCc2sc(CC(=O)[C@H]3C[C@@H]3F)c(C(=O)NC[C@@H]3CC3(F)F)c2C1. The van der Waals surface area contributed by atoms with Crippen LogP contribution in [0.4, 0.5) is 33.7 Å². The molecule has 0 aromatic carbocycles. The molecule has 0 saturated heterocycles. The first kappa shape index (κ1) is 27.6. The molecule has 2 N–H and O–H groups in total. The van der Waals surface area contributed by atoms with Crippen LogP contribution in [0.3, 0.4) is 0 Å². The minimum atomic E-state index is -3.03. The number of Topliss-reactive ketones (excluding diaryl/α,β-unsaturated/α-hetero) is 1. The summed E-state index contributed by atoms with van der Waals surface area (Å²) < 4.78 is 73.0. The van der Waals surface area contributed by atoms with E-state index < -0.39 is 36.4 Å². The molecular formula is C25H26F5N7O3S. The van der Waals surface area contributed by atoms with Gasteiger partial charge in [0.25, 0.3) is 11.8 Å². The molecule has 3 aromatic rings. The topological polar surface area (TPSA) is 116 Å². The van der Waals surface area contributed by atoms with Crippen molar-refractivity contribution in [2.24, 2.45) is 18.9 Å². The van der Waals surface area contributed by atoms with E-state index in [1.807, 2.05) is 0 Å². The van der Waals surface area contributed by atoms with Gasteiger partial charge in [0.2, 0.25) is 11.8 Å². The fraction of sp³-hybridized carbons (Fsp3) is 0.560. The zero-order chi connectivity index (χ0) is 29.1. The van der Waals surface area contributed by atoms with Crippen LogP contribution < -0.4 is 15.4 Å². The molecule has 10 nitrogen and oxygen atoms in total. The lowest BCUT2D eigenvalue weighted by molar-refractivity contribution is -0.119. The van der Waals surface area contributed by atoms with Crippen molar-refractivity contribution in [2.45, 2.75) is 63.3 Å².